The minimum atomic E-state index is -0.638. The van der Waals surface area contributed by atoms with E-state index in [0.29, 0.717) is 43.1 Å². The predicted molar refractivity (Wildman–Crippen MR) is 140 cm³/mol. The van der Waals surface area contributed by atoms with Crippen molar-refractivity contribution >= 4 is 23.4 Å². The predicted octanol–water partition coefficient (Wildman–Crippen LogP) is 4.83. The summed E-state index contributed by atoms with van der Waals surface area (Å²) in [4.78, 5) is 27.6. The quantitative estimate of drug-likeness (QED) is 0.427. The zero-order chi connectivity index (χ0) is 27.2. The fraction of sp³-hybridized carbons (Fsp3) is 0.500. The minimum Gasteiger partial charge on any atom is -0.375 e. The lowest BCUT2D eigenvalue weighted by atomic mass is 9.88. The topological polar surface area (TPSA) is 70.7 Å². The molecular formula is C28H36ClF2N3O3. The molecule has 37 heavy (non-hydrogen) atoms. The molecule has 3 atom stereocenters. The normalized spacial score (nSPS) is 19.0. The highest BCUT2D eigenvalue weighted by Crippen LogP contribution is 2.37. The highest BCUT2D eigenvalue weighted by atomic mass is 35.5. The van der Waals surface area contributed by atoms with Gasteiger partial charge in [-0.2, -0.15) is 0 Å². The third-order valence-electron chi connectivity index (χ3n) is 6.82. The van der Waals surface area contributed by atoms with Gasteiger partial charge in [0.05, 0.1) is 12.0 Å². The maximum absolute atomic E-state index is 14.7. The maximum Gasteiger partial charge on any atom is 0.246 e. The van der Waals surface area contributed by atoms with Crippen molar-refractivity contribution in [2.75, 3.05) is 33.4 Å². The Bertz CT molecular complexity index is 1080. The maximum atomic E-state index is 14.7. The number of rotatable bonds is 10. The van der Waals surface area contributed by atoms with Gasteiger partial charge in [-0.05, 0) is 62.9 Å². The number of ether oxygens (including phenoxy) is 1. The second kappa shape index (κ2) is 12.8. The summed E-state index contributed by atoms with van der Waals surface area (Å²) in [5.41, 5.74) is 1.07. The monoisotopic (exact) mass is 535 g/mol. The molecule has 1 fully saturated rings. The molecule has 2 N–H and O–H groups in total. The molecule has 2 unspecified atom stereocenters. The molecule has 2 aromatic carbocycles. The largest absolute Gasteiger partial charge is 0.375 e. The summed E-state index contributed by atoms with van der Waals surface area (Å²) in [6.07, 6.45) is 1.20. The molecule has 2 amide bonds. The fourth-order valence-electron chi connectivity index (χ4n) is 4.77. The molecule has 1 aliphatic rings. The smallest absolute Gasteiger partial charge is 0.246 e. The first-order valence-electron chi connectivity index (χ1n) is 12.5. The Kier molecular flexibility index (Phi) is 10.0. The molecule has 2 aromatic rings. The van der Waals surface area contributed by atoms with Crippen LogP contribution in [0.1, 0.15) is 56.7 Å². The summed E-state index contributed by atoms with van der Waals surface area (Å²) in [7, 11) is 1.46. The number of nitrogens with one attached hydrogen (secondary N) is 2. The van der Waals surface area contributed by atoms with Crippen molar-refractivity contribution in [2.24, 2.45) is 5.92 Å². The van der Waals surface area contributed by atoms with Crippen molar-refractivity contribution in [2.45, 2.75) is 51.1 Å². The van der Waals surface area contributed by atoms with E-state index in [1.807, 2.05) is 12.1 Å². The van der Waals surface area contributed by atoms with E-state index in [2.05, 4.69) is 36.3 Å². The second-order valence-corrected chi connectivity index (χ2v) is 10.9. The van der Waals surface area contributed by atoms with Gasteiger partial charge >= 0.3 is 0 Å². The molecular weight excluding hydrogens is 500 g/mol. The fourth-order valence-corrected chi connectivity index (χ4v) is 4.89. The Morgan fingerprint density at radius 3 is 2.46 bits per heavy atom. The minimum absolute atomic E-state index is 0.0475. The van der Waals surface area contributed by atoms with Crippen molar-refractivity contribution in [3.05, 3.63) is 70.2 Å². The van der Waals surface area contributed by atoms with E-state index in [0.717, 1.165) is 11.6 Å². The van der Waals surface area contributed by atoms with Crippen molar-refractivity contribution in [1.82, 2.24) is 15.5 Å². The average Bonchev–Trinajstić information content (AvgIpc) is 3.27. The van der Waals surface area contributed by atoms with Crippen molar-refractivity contribution in [3.63, 3.8) is 0 Å². The summed E-state index contributed by atoms with van der Waals surface area (Å²) < 4.78 is 33.1. The number of benzene rings is 2. The molecule has 0 aliphatic carbocycles. The number of nitrogens with zero attached hydrogens (tertiary/aromatic N) is 1. The summed E-state index contributed by atoms with van der Waals surface area (Å²) in [5, 5.41) is 6.56. The number of carbonyl (C=O) groups excluding carboxylic acids is 2. The van der Waals surface area contributed by atoms with Crippen LogP contribution in [0.2, 0.25) is 5.02 Å². The lowest BCUT2D eigenvalue weighted by molar-refractivity contribution is -0.126. The Hall–Kier alpha value is -2.55. The van der Waals surface area contributed by atoms with Gasteiger partial charge in [-0.25, -0.2) is 8.78 Å². The Morgan fingerprint density at radius 2 is 1.84 bits per heavy atom. The van der Waals surface area contributed by atoms with E-state index in [1.54, 1.807) is 12.1 Å². The highest BCUT2D eigenvalue weighted by molar-refractivity contribution is 6.30. The Labute approximate surface area is 222 Å². The molecule has 1 aliphatic heterocycles. The molecule has 202 valence electrons. The van der Waals surface area contributed by atoms with Crippen LogP contribution < -0.4 is 10.6 Å². The first-order valence-corrected chi connectivity index (χ1v) is 12.9. The highest BCUT2D eigenvalue weighted by Gasteiger charge is 2.42. The van der Waals surface area contributed by atoms with Gasteiger partial charge in [0.2, 0.25) is 11.8 Å². The van der Waals surface area contributed by atoms with Gasteiger partial charge in [0, 0.05) is 49.3 Å². The number of methoxy groups -OCH3 is 1. The lowest BCUT2D eigenvalue weighted by Gasteiger charge is -2.31. The lowest BCUT2D eigenvalue weighted by Crippen LogP contribution is -2.41. The van der Waals surface area contributed by atoms with Gasteiger partial charge in [0.15, 0.2) is 0 Å². The summed E-state index contributed by atoms with van der Waals surface area (Å²) in [6, 6.07) is 10.6. The van der Waals surface area contributed by atoms with Crippen LogP contribution in [0.4, 0.5) is 8.78 Å². The Morgan fingerprint density at radius 1 is 1.14 bits per heavy atom. The standard InChI is InChI=1S/C28H36ClF2N3O3/c1-28(2,3)34-15-22(21-12-11-20(30)14-24(21)31)23(16-34)27(36)32-13-5-6-25(33-26(35)17-37-4)18-7-9-19(29)10-8-18/h7-12,14,22-23,25H,5-6,13,15-17H2,1-4H3,(H,32,36)(H,33,35)/t22?,23-,25?/m1/s1. The van der Waals surface area contributed by atoms with Gasteiger partial charge in [0.1, 0.15) is 18.2 Å². The summed E-state index contributed by atoms with van der Waals surface area (Å²) in [5.74, 6) is -2.50. The first-order chi connectivity index (χ1) is 17.5. The molecule has 9 heteroatoms. The molecule has 3 rings (SSSR count). The number of hydrogen-bond acceptors (Lipinski definition) is 4. The third kappa shape index (κ3) is 7.97. The van der Waals surface area contributed by atoms with E-state index >= 15 is 0 Å². The average molecular weight is 536 g/mol. The summed E-state index contributed by atoms with van der Waals surface area (Å²) in [6.45, 7) is 7.51. The van der Waals surface area contributed by atoms with Crippen LogP contribution in [-0.4, -0.2) is 55.6 Å². The van der Waals surface area contributed by atoms with Gasteiger partial charge in [-0.1, -0.05) is 29.8 Å². The van der Waals surface area contributed by atoms with Crippen LogP contribution >= 0.6 is 11.6 Å². The first kappa shape index (κ1) is 29.0. The van der Waals surface area contributed by atoms with E-state index in [9.17, 15) is 18.4 Å². The van der Waals surface area contributed by atoms with Crippen LogP contribution in [0.25, 0.3) is 0 Å². The van der Waals surface area contributed by atoms with Gasteiger partial charge in [0.25, 0.3) is 0 Å². The number of amides is 2. The van der Waals surface area contributed by atoms with Crippen LogP contribution in [0.3, 0.4) is 0 Å². The SMILES string of the molecule is COCC(=O)NC(CCCNC(=O)[C@@H]1CN(C(C)(C)C)CC1c1ccc(F)cc1F)c1ccc(Cl)cc1. The number of likely N-dealkylation sites (tertiary alicyclic amines) is 1. The zero-order valence-electron chi connectivity index (χ0n) is 21.8. The molecule has 0 bridgehead atoms. The number of carbonyl (C=O) groups is 2. The van der Waals surface area contributed by atoms with Crippen LogP contribution in [0.15, 0.2) is 42.5 Å². The molecule has 1 saturated heterocycles. The van der Waals surface area contributed by atoms with Crippen LogP contribution in [-0.2, 0) is 14.3 Å². The van der Waals surface area contributed by atoms with Crippen molar-refractivity contribution in [1.29, 1.82) is 0 Å². The summed E-state index contributed by atoms with van der Waals surface area (Å²) >= 11 is 6.01. The van der Waals surface area contributed by atoms with E-state index in [-0.39, 0.29) is 35.9 Å². The third-order valence-corrected chi connectivity index (χ3v) is 7.07. The van der Waals surface area contributed by atoms with Gasteiger partial charge in [-0.3, -0.25) is 14.5 Å². The van der Waals surface area contributed by atoms with Crippen LogP contribution in [0.5, 0.6) is 0 Å². The zero-order valence-corrected chi connectivity index (χ0v) is 22.6. The Balaban J connectivity index is 1.65. The molecule has 0 aromatic heterocycles. The molecule has 0 saturated carbocycles. The number of halogens is 3. The molecule has 0 radical (unpaired) electrons. The van der Waals surface area contributed by atoms with Crippen molar-refractivity contribution < 1.29 is 23.1 Å². The molecule has 1 heterocycles. The second-order valence-electron chi connectivity index (χ2n) is 10.5. The van der Waals surface area contributed by atoms with E-state index in [1.165, 1.54) is 19.2 Å². The molecule has 6 nitrogen and oxygen atoms in total. The molecule has 0 spiro atoms. The van der Waals surface area contributed by atoms with Gasteiger partial charge < -0.3 is 15.4 Å². The van der Waals surface area contributed by atoms with Gasteiger partial charge in [-0.15, -0.1) is 0 Å². The van der Waals surface area contributed by atoms with E-state index in [4.69, 9.17) is 16.3 Å². The van der Waals surface area contributed by atoms with E-state index < -0.39 is 17.6 Å². The van der Waals surface area contributed by atoms with Crippen molar-refractivity contribution in [3.8, 4) is 0 Å². The van der Waals surface area contributed by atoms with Crippen LogP contribution in [0, 0.1) is 17.6 Å². The number of hydrogen-bond donors (Lipinski definition) is 2.